The van der Waals surface area contributed by atoms with Crippen LogP contribution >= 0.6 is 0 Å². The fourth-order valence-electron chi connectivity index (χ4n) is 4.38. The number of carbonyl (C=O) groups is 1. The average Bonchev–Trinajstić information content (AvgIpc) is 2.89. The van der Waals surface area contributed by atoms with Gasteiger partial charge in [-0.15, -0.1) is 0 Å². The first-order valence-corrected chi connectivity index (χ1v) is 8.96. The lowest BCUT2D eigenvalue weighted by atomic mass is 9.76. The average molecular weight is 314 g/mol. The van der Waals surface area contributed by atoms with Crippen molar-refractivity contribution in [1.82, 2.24) is 10.2 Å². The van der Waals surface area contributed by atoms with E-state index in [0.29, 0.717) is 0 Å². The van der Waals surface area contributed by atoms with Gasteiger partial charge in [0.25, 0.3) is 0 Å². The summed E-state index contributed by atoms with van der Waals surface area (Å²) in [6, 6.07) is 8.74. The third kappa shape index (κ3) is 3.02. The molecule has 3 aliphatic rings. The second-order valence-corrected chi connectivity index (χ2v) is 7.35. The minimum Gasteiger partial charge on any atom is -0.462 e. The number of carbonyl (C=O) groups excluding carboxylic acids is 1. The smallest absolute Gasteiger partial charge is 0.312 e. The standard InChI is InChI=1S/C19H26N2O2/c22-18-19(7-9-20-10-8-19)13-17(23-18)6-12-21-11-5-15-3-1-2-4-16(15)14-21/h1-4,17,20H,5-14H2/t17-/m0/s1. The number of nitrogens with one attached hydrogen (secondary N) is 1. The summed E-state index contributed by atoms with van der Waals surface area (Å²) >= 11 is 0. The molecule has 0 unspecified atom stereocenters. The Hall–Kier alpha value is -1.39. The molecule has 0 aliphatic carbocycles. The van der Waals surface area contributed by atoms with Crippen molar-refractivity contribution in [1.29, 1.82) is 0 Å². The van der Waals surface area contributed by atoms with Crippen LogP contribution in [0, 0.1) is 5.41 Å². The summed E-state index contributed by atoms with van der Waals surface area (Å²) in [5.41, 5.74) is 2.77. The Bertz CT molecular complexity index is 580. The zero-order valence-corrected chi connectivity index (χ0v) is 13.7. The van der Waals surface area contributed by atoms with Gasteiger partial charge in [0.2, 0.25) is 0 Å². The second-order valence-electron chi connectivity index (χ2n) is 7.35. The number of ether oxygens (including phenoxy) is 1. The van der Waals surface area contributed by atoms with E-state index in [1.54, 1.807) is 0 Å². The lowest BCUT2D eigenvalue weighted by molar-refractivity contribution is -0.150. The molecule has 4 rings (SSSR count). The summed E-state index contributed by atoms with van der Waals surface area (Å²) in [4.78, 5) is 14.8. The Morgan fingerprint density at radius 1 is 1.22 bits per heavy atom. The van der Waals surface area contributed by atoms with Crippen molar-refractivity contribution in [3.05, 3.63) is 35.4 Å². The summed E-state index contributed by atoms with van der Waals surface area (Å²) in [5.74, 6) is 0.0630. The Kier molecular flexibility index (Phi) is 4.12. The summed E-state index contributed by atoms with van der Waals surface area (Å²) < 4.78 is 5.72. The Labute approximate surface area is 138 Å². The molecule has 4 nitrogen and oxygen atoms in total. The van der Waals surface area contributed by atoms with E-state index in [1.165, 1.54) is 11.1 Å². The SMILES string of the molecule is O=C1O[C@@H](CCN2CCc3ccccc3C2)CC12CCNCC2. The van der Waals surface area contributed by atoms with Crippen LogP contribution in [0.5, 0.6) is 0 Å². The highest BCUT2D eigenvalue weighted by Gasteiger charge is 2.49. The number of benzene rings is 1. The highest BCUT2D eigenvalue weighted by Crippen LogP contribution is 2.42. The quantitative estimate of drug-likeness (QED) is 0.868. The predicted octanol–water partition coefficient (Wildman–Crippen LogP) is 2.12. The number of hydrogen-bond donors (Lipinski definition) is 1. The fourth-order valence-corrected chi connectivity index (χ4v) is 4.38. The van der Waals surface area contributed by atoms with E-state index in [4.69, 9.17) is 4.74 Å². The molecule has 0 radical (unpaired) electrons. The van der Waals surface area contributed by atoms with Gasteiger partial charge in [-0.25, -0.2) is 0 Å². The summed E-state index contributed by atoms with van der Waals surface area (Å²) in [6.07, 6.45) is 5.05. The Balaban J connectivity index is 1.31. The largest absolute Gasteiger partial charge is 0.462 e. The van der Waals surface area contributed by atoms with Crippen LogP contribution in [0.25, 0.3) is 0 Å². The third-order valence-corrected chi connectivity index (χ3v) is 5.86. The molecule has 1 N–H and O–H groups in total. The van der Waals surface area contributed by atoms with E-state index in [1.807, 2.05) is 0 Å². The van der Waals surface area contributed by atoms with Crippen molar-refractivity contribution in [3.8, 4) is 0 Å². The number of nitrogens with zero attached hydrogens (tertiary/aromatic N) is 1. The first kappa shape index (κ1) is 15.2. The molecule has 1 aromatic rings. The van der Waals surface area contributed by atoms with Crippen molar-refractivity contribution in [2.24, 2.45) is 5.41 Å². The highest BCUT2D eigenvalue weighted by molar-refractivity contribution is 5.79. The number of rotatable bonds is 3. The molecule has 0 bridgehead atoms. The molecular formula is C19H26N2O2. The van der Waals surface area contributed by atoms with E-state index in [2.05, 4.69) is 34.5 Å². The first-order valence-electron chi connectivity index (χ1n) is 8.96. The van der Waals surface area contributed by atoms with Gasteiger partial charge in [-0.3, -0.25) is 9.69 Å². The van der Waals surface area contributed by atoms with E-state index < -0.39 is 0 Å². The summed E-state index contributed by atoms with van der Waals surface area (Å²) in [6.45, 7) is 5.08. The molecule has 1 atom stereocenters. The monoisotopic (exact) mass is 314 g/mol. The van der Waals surface area contributed by atoms with E-state index in [0.717, 1.165) is 64.8 Å². The fraction of sp³-hybridized carbons (Fsp3) is 0.632. The Morgan fingerprint density at radius 2 is 2.00 bits per heavy atom. The number of fused-ring (bicyclic) bond motifs is 1. The van der Waals surface area contributed by atoms with Gasteiger partial charge in [0.1, 0.15) is 6.10 Å². The third-order valence-electron chi connectivity index (χ3n) is 5.86. The van der Waals surface area contributed by atoms with Gasteiger partial charge in [0, 0.05) is 26.1 Å². The number of piperidine rings is 1. The molecule has 1 aromatic carbocycles. The lowest BCUT2D eigenvalue weighted by Gasteiger charge is -2.30. The molecule has 1 spiro atoms. The molecule has 0 saturated carbocycles. The maximum Gasteiger partial charge on any atom is 0.312 e. The zero-order valence-electron chi connectivity index (χ0n) is 13.7. The van der Waals surface area contributed by atoms with E-state index >= 15 is 0 Å². The van der Waals surface area contributed by atoms with Crippen LogP contribution in [0.15, 0.2) is 24.3 Å². The molecule has 23 heavy (non-hydrogen) atoms. The van der Waals surface area contributed by atoms with Gasteiger partial charge in [0.05, 0.1) is 5.41 Å². The maximum atomic E-state index is 12.3. The van der Waals surface area contributed by atoms with Crippen LogP contribution in [0.4, 0.5) is 0 Å². The van der Waals surface area contributed by atoms with Crippen LogP contribution in [0.1, 0.15) is 36.8 Å². The van der Waals surface area contributed by atoms with Gasteiger partial charge in [-0.2, -0.15) is 0 Å². The molecule has 3 aliphatic heterocycles. The van der Waals surface area contributed by atoms with Crippen molar-refractivity contribution < 1.29 is 9.53 Å². The highest BCUT2D eigenvalue weighted by atomic mass is 16.6. The maximum absolute atomic E-state index is 12.3. The van der Waals surface area contributed by atoms with Gasteiger partial charge >= 0.3 is 5.97 Å². The van der Waals surface area contributed by atoms with Gasteiger partial charge in [-0.1, -0.05) is 24.3 Å². The summed E-state index contributed by atoms with van der Waals surface area (Å²) in [7, 11) is 0. The molecule has 2 fully saturated rings. The van der Waals surface area contributed by atoms with Crippen molar-refractivity contribution in [2.45, 2.75) is 44.8 Å². The minimum absolute atomic E-state index is 0.0630. The molecule has 0 aromatic heterocycles. The van der Waals surface area contributed by atoms with Crippen LogP contribution < -0.4 is 5.32 Å². The summed E-state index contributed by atoms with van der Waals surface area (Å²) in [5, 5.41) is 3.35. The van der Waals surface area contributed by atoms with Crippen LogP contribution in [0.2, 0.25) is 0 Å². The minimum atomic E-state index is -0.176. The van der Waals surface area contributed by atoms with Gasteiger partial charge in [0.15, 0.2) is 0 Å². The van der Waals surface area contributed by atoms with E-state index in [9.17, 15) is 4.79 Å². The number of esters is 1. The number of hydrogen-bond acceptors (Lipinski definition) is 4. The van der Waals surface area contributed by atoms with Crippen LogP contribution in [0.3, 0.4) is 0 Å². The second kappa shape index (κ2) is 6.25. The van der Waals surface area contributed by atoms with Crippen molar-refractivity contribution >= 4 is 5.97 Å². The molecular weight excluding hydrogens is 288 g/mol. The van der Waals surface area contributed by atoms with Crippen LogP contribution in [-0.2, 0) is 22.5 Å². The normalized spacial score (nSPS) is 27.0. The van der Waals surface area contributed by atoms with Gasteiger partial charge in [-0.05, 0) is 49.9 Å². The topological polar surface area (TPSA) is 41.6 Å². The molecule has 4 heteroatoms. The van der Waals surface area contributed by atoms with Crippen LogP contribution in [-0.4, -0.2) is 43.2 Å². The van der Waals surface area contributed by atoms with Gasteiger partial charge < -0.3 is 10.1 Å². The Morgan fingerprint density at radius 3 is 2.83 bits per heavy atom. The molecule has 2 saturated heterocycles. The zero-order chi connectivity index (χ0) is 15.7. The molecule has 124 valence electrons. The lowest BCUT2D eigenvalue weighted by Crippen LogP contribution is -2.39. The first-order chi connectivity index (χ1) is 11.3. The van der Waals surface area contributed by atoms with Crippen molar-refractivity contribution in [2.75, 3.05) is 26.2 Å². The van der Waals surface area contributed by atoms with Crippen molar-refractivity contribution in [3.63, 3.8) is 0 Å². The molecule has 3 heterocycles. The predicted molar refractivity (Wildman–Crippen MR) is 89.1 cm³/mol. The number of cyclic esters (lactones) is 1. The van der Waals surface area contributed by atoms with E-state index in [-0.39, 0.29) is 17.5 Å². The molecule has 0 amide bonds.